The summed E-state index contributed by atoms with van der Waals surface area (Å²) in [4.78, 5) is 10.4. The van der Waals surface area contributed by atoms with Crippen LogP contribution < -0.4 is 5.73 Å². The summed E-state index contributed by atoms with van der Waals surface area (Å²) in [5, 5.41) is 0. The molecule has 0 aliphatic heterocycles. The Bertz CT molecular complexity index is 479. The Balaban J connectivity index is 2.19. The van der Waals surface area contributed by atoms with Gasteiger partial charge in [-0.05, 0) is 12.1 Å². The van der Waals surface area contributed by atoms with E-state index in [0.29, 0.717) is 12.5 Å². The van der Waals surface area contributed by atoms with Gasteiger partial charge in [0.25, 0.3) is 0 Å². The van der Waals surface area contributed by atoms with Gasteiger partial charge in [0, 0.05) is 26.5 Å². The first-order valence-electron chi connectivity index (χ1n) is 5.06. The van der Waals surface area contributed by atoms with Crippen LogP contribution in [0, 0.1) is 0 Å². The van der Waals surface area contributed by atoms with Crippen molar-refractivity contribution in [3.63, 3.8) is 0 Å². The van der Waals surface area contributed by atoms with Crippen molar-refractivity contribution >= 4 is 11.6 Å². The number of imidazole rings is 1. The zero-order chi connectivity index (χ0) is 11.5. The van der Waals surface area contributed by atoms with E-state index in [1.807, 2.05) is 49.1 Å². The lowest BCUT2D eigenvalue weighted by molar-refractivity contribution is 0.609. The number of guanidine groups is 1. The van der Waals surface area contributed by atoms with Crippen LogP contribution in [0.5, 0.6) is 0 Å². The van der Waals surface area contributed by atoms with E-state index >= 15 is 0 Å². The normalized spacial score (nSPS) is 12.0. The van der Waals surface area contributed by atoms with Gasteiger partial charge in [-0.15, -0.1) is 0 Å². The number of aliphatic imine (C=N–C) groups is 1. The maximum atomic E-state index is 5.70. The SMILES string of the molecule is CN(C)C(N)=NCc1cn2ccccc2n1. The molecule has 84 valence electrons. The Morgan fingerprint density at radius 1 is 1.50 bits per heavy atom. The molecule has 5 heteroatoms. The highest BCUT2D eigenvalue weighted by atomic mass is 15.2. The Morgan fingerprint density at radius 2 is 2.31 bits per heavy atom. The second kappa shape index (κ2) is 4.22. The maximum Gasteiger partial charge on any atom is 0.191 e. The van der Waals surface area contributed by atoms with Crippen LogP contribution in [-0.4, -0.2) is 34.3 Å². The number of nitrogens with zero attached hydrogens (tertiary/aromatic N) is 4. The predicted molar refractivity (Wildman–Crippen MR) is 64.2 cm³/mol. The Morgan fingerprint density at radius 3 is 3.00 bits per heavy atom. The van der Waals surface area contributed by atoms with E-state index < -0.39 is 0 Å². The van der Waals surface area contributed by atoms with E-state index in [4.69, 9.17) is 5.73 Å². The lowest BCUT2D eigenvalue weighted by atomic mass is 10.5. The van der Waals surface area contributed by atoms with Crippen molar-refractivity contribution in [1.82, 2.24) is 14.3 Å². The fraction of sp³-hybridized carbons (Fsp3) is 0.273. The third-order valence-corrected chi connectivity index (χ3v) is 2.28. The summed E-state index contributed by atoms with van der Waals surface area (Å²) in [6.45, 7) is 0.506. The van der Waals surface area contributed by atoms with Crippen molar-refractivity contribution in [1.29, 1.82) is 0 Å². The molecule has 0 aliphatic rings. The average molecular weight is 217 g/mol. The highest BCUT2D eigenvalue weighted by Gasteiger charge is 2.00. The van der Waals surface area contributed by atoms with Crippen LogP contribution in [-0.2, 0) is 6.54 Å². The van der Waals surface area contributed by atoms with E-state index in [9.17, 15) is 0 Å². The monoisotopic (exact) mass is 217 g/mol. The molecule has 0 spiro atoms. The fourth-order valence-electron chi connectivity index (χ4n) is 1.37. The number of rotatable bonds is 2. The van der Waals surface area contributed by atoms with Crippen molar-refractivity contribution in [2.45, 2.75) is 6.54 Å². The van der Waals surface area contributed by atoms with Gasteiger partial charge in [-0.25, -0.2) is 9.98 Å². The molecule has 0 aromatic carbocycles. The quantitative estimate of drug-likeness (QED) is 0.595. The summed E-state index contributed by atoms with van der Waals surface area (Å²) in [5.41, 5.74) is 7.54. The molecule has 0 atom stereocenters. The molecule has 0 amide bonds. The molecule has 0 saturated carbocycles. The lowest BCUT2D eigenvalue weighted by Crippen LogP contribution is -2.30. The largest absolute Gasteiger partial charge is 0.370 e. The second-order valence-corrected chi connectivity index (χ2v) is 3.77. The Labute approximate surface area is 94.2 Å². The zero-order valence-corrected chi connectivity index (χ0v) is 9.46. The van der Waals surface area contributed by atoms with Gasteiger partial charge in [0.2, 0.25) is 0 Å². The highest BCUT2D eigenvalue weighted by Crippen LogP contribution is 2.05. The number of fused-ring (bicyclic) bond motifs is 1. The van der Waals surface area contributed by atoms with Crippen LogP contribution in [0.15, 0.2) is 35.6 Å². The lowest BCUT2D eigenvalue weighted by Gasteiger charge is -2.09. The van der Waals surface area contributed by atoms with Crippen molar-refractivity contribution in [3.8, 4) is 0 Å². The molecule has 0 fully saturated rings. The third kappa shape index (κ3) is 2.13. The van der Waals surface area contributed by atoms with Gasteiger partial charge in [0.15, 0.2) is 5.96 Å². The second-order valence-electron chi connectivity index (χ2n) is 3.77. The molecule has 0 bridgehead atoms. The molecule has 0 aliphatic carbocycles. The molecular formula is C11H15N5. The first kappa shape index (κ1) is 10.5. The third-order valence-electron chi connectivity index (χ3n) is 2.28. The van der Waals surface area contributed by atoms with E-state index in [-0.39, 0.29) is 0 Å². The van der Waals surface area contributed by atoms with E-state index in [0.717, 1.165) is 11.3 Å². The van der Waals surface area contributed by atoms with Gasteiger partial charge in [-0.1, -0.05) is 6.07 Å². The predicted octanol–water partition coefficient (Wildman–Crippen LogP) is 0.711. The molecule has 0 radical (unpaired) electrons. The van der Waals surface area contributed by atoms with Crippen LogP contribution in [0.25, 0.3) is 5.65 Å². The van der Waals surface area contributed by atoms with Gasteiger partial charge in [0.05, 0.1) is 12.2 Å². The maximum absolute atomic E-state index is 5.70. The molecule has 2 rings (SSSR count). The van der Waals surface area contributed by atoms with E-state index in [1.54, 1.807) is 4.90 Å². The highest BCUT2D eigenvalue weighted by molar-refractivity contribution is 5.77. The minimum absolute atomic E-state index is 0.506. The van der Waals surface area contributed by atoms with Crippen LogP contribution in [0.3, 0.4) is 0 Å². The summed E-state index contributed by atoms with van der Waals surface area (Å²) in [5.74, 6) is 0.511. The minimum Gasteiger partial charge on any atom is -0.370 e. The molecule has 2 heterocycles. The topological polar surface area (TPSA) is 58.9 Å². The van der Waals surface area contributed by atoms with Gasteiger partial charge >= 0.3 is 0 Å². The molecule has 2 aromatic heterocycles. The summed E-state index contributed by atoms with van der Waals surface area (Å²) in [6.07, 6.45) is 3.92. The van der Waals surface area contributed by atoms with Crippen molar-refractivity contribution in [2.24, 2.45) is 10.7 Å². The van der Waals surface area contributed by atoms with Gasteiger partial charge < -0.3 is 15.0 Å². The van der Waals surface area contributed by atoms with Crippen LogP contribution in [0.1, 0.15) is 5.69 Å². The average Bonchev–Trinajstić information content (AvgIpc) is 2.68. The van der Waals surface area contributed by atoms with Crippen molar-refractivity contribution < 1.29 is 0 Å². The standard InChI is InChI=1S/C11H15N5/c1-15(2)11(12)13-7-9-8-16-6-4-3-5-10(16)14-9/h3-6,8H,7H2,1-2H3,(H2,12,13). The minimum atomic E-state index is 0.506. The molecular weight excluding hydrogens is 202 g/mol. The number of hydrogen-bond acceptors (Lipinski definition) is 2. The number of aromatic nitrogens is 2. The van der Waals surface area contributed by atoms with Gasteiger partial charge in [-0.3, -0.25) is 0 Å². The zero-order valence-electron chi connectivity index (χ0n) is 9.46. The van der Waals surface area contributed by atoms with E-state index in [2.05, 4.69) is 9.98 Å². The Hall–Kier alpha value is -2.04. The smallest absolute Gasteiger partial charge is 0.191 e. The summed E-state index contributed by atoms with van der Waals surface area (Å²) in [7, 11) is 3.73. The number of pyridine rings is 1. The molecule has 2 aromatic rings. The number of hydrogen-bond donors (Lipinski definition) is 1. The van der Waals surface area contributed by atoms with Crippen molar-refractivity contribution in [3.05, 3.63) is 36.3 Å². The molecule has 0 saturated heterocycles. The summed E-state index contributed by atoms with van der Waals surface area (Å²) < 4.78 is 1.97. The van der Waals surface area contributed by atoms with Crippen LogP contribution in [0.4, 0.5) is 0 Å². The first-order chi connectivity index (χ1) is 7.66. The van der Waals surface area contributed by atoms with Gasteiger partial charge in [-0.2, -0.15) is 0 Å². The van der Waals surface area contributed by atoms with Crippen molar-refractivity contribution in [2.75, 3.05) is 14.1 Å². The van der Waals surface area contributed by atoms with Crippen LogP contribution >= 0.6 is 0 Å². The number of nitrogens with two attached hydrogens (primary N) is 1. The van der Waals surface area contributed by atoms with E-state index in [1.165, 1.54) is 0 Å². The molecule has 0 unspecified atom stereocenters. The van der Waals surface area contributed by atoms with Gasteiger partial charge in [0.1, 0.15) is 5.65 Å². The first-order valence-corrected chi connectivity index (χ1v) is 5.06. The summed E-state index contributed by atoms with van der Waals surface area (Å²) in [6, 6.07) is 5.89. The Kier molecular flexibility index (Phi) is 2.76. The molecule has 16 heavy (non-hydrogen) atoms. The molecule has 5 nitrogen and oxygen atoms in total. The fourth-order valence-corrected chi connectivity index (χ4v) is 1.37. The molecule has 2 N–H and O–H groups in total. The summed E-state index contributed by atoms with van der Waals surface area (Å²) >= 11 is 0. The van der Waals surface area contributed by atoms with Crippen LogP contribution in [0.2, 0.25) is 0 Å².